The molecule has 25 heteroatoms. The fourth-order valence-corrected chi connectivity index (χ4v) is 8.28. The number of methoxy groups -OCH3 is 1. The molecule has 20 atom stereocenters. The number of aliphatic hydroxyl groups excluding tert-OH is 7. The zero-order chi connectivity index (χ0) is 47.3. The van der Waals surface area contributed by atoms with Gasteiger partial charge in [0, 0.05) is 39.3 Å². The normalized spacial score (nSPS) is 40.2. The summed E-state index contributed by atoms with van der Waals surface area (Å²) < 4.78 is 46.3. The summed E-state index contributed by atoms with van der Waals surface area (Å²) in [5.41, 5.74) is 0.482. The van der Waals surface area contributed by atoms with Crippen molar-refractivity contribution in [2.24, 2.45) is 17.8 Å². The van der Waals surface area contributed by atoms with E-state index >= 15 is 0 Å². The molecule has 8 unspecified atom stereocenters. The Hall–Kier alpha value is -3.90. The number of rotatable bonds is 16. The molecule has 4 fully saturated rings. The van der Waals surface area contributed by atoms with Crippen LogP contribution in [0, 0.1) is 17.8 Å². The Labute approximate surface area is 366 Å². The van der Waals surface area contributed by atoms with E-state index in [4.69, 9.17) is 37.9 Å². The third-order valence-electron chi connectivity index (χ3n) is 11.7. The first-order chi connectivity index (χ1) is 30.2. The minimum atomic E-state index is -2.20. The summed E-state index contributed by atoms with van der Waals surface area (Å²) in [6, 6.07) is 2.50. The number of carboxylic acid groups (broad SMARTS) is 1. The monoisotopic (exact) mass is 921 g/mol. The first kappa shape index (κ1) is 51.1. The summed E-state index contributed by atoms with van der Waals surface area (Å²) in [5.74, 6) is -8.41. The Morgan fingerprint density at radius 3 is 1.97 bits per heavy atom. The van der Waals surface area contributed by atoms with Crippen molar-refractivity contribution in [2.75, 3.05) is 26.9 Å². The molecule has 0 aromatic heterocycles. The molecular weight excluding hydrogens is 862 g/mol. The van der Waals surface area contributed by atoms with Gasteiger partial charge in [-0.15, -0.1) is 0 Å². The van der Waals surface area contributed by atoms with E-state index in [0.29, 0.717) is 5.56 Å². The van der Waals surface area contributed by atoms with E-state index in [9.17, 15) is 70.2 Å². The molecule has 1 aromatic carbocycles. The standard InChI is InChI=1S/C39H59N3O22/c1-13-21(12-44)59-38(23(41-15(3)45)28(13)60-39-26(51)25(50)30(57-5)32(63-39)35(54)55)62-31-24(49)22(33(53)40-9-8-17-6-7-19(47)20(48)10-17)37(64-36(31)56)61-29-18(11-43)14(2)58-34(27(29)52)42-16(4)46/h6-7,10,13-14,18,21-32,34,36-39,43-44,47-52,56H,8-9,11-12H2,1-5H3,(H,40,53)(H,41,45)(H,42,46)(H,54,55)/t13-,14-,18+,21?,22+,23-,24?,25?,26-,27+,28?,29?,30-,31-,32?,34?,36?,37+,38-,39+/m0/s1. The molecule has 0 bridgehead atoms. The Morgan fingerprint density at radius 2 is 1.38 bits per heavy atom. The highest BCUT2D eigenvalue weighted by Crippen LogP contribution is 2.38. The van der Waals surface area contributed by atoms with E-state index in [0.717, 1.165) is 14.0 Å². The number of aliphatic carboxylic acids is 1. The van der Waals surface area contributed by atoms with Crippen molar-refractivity contribution in [1.82, 2.24) is 16.0 Å². The van der Waals surface area contributed by atoms with Crippen LogP contribution in [0.4, 0.5) is 0 Å². The molecule has 0 spiro atoms. The number of carbonyl (C=O) groups is 4. The van der Waals surface area contributed by atoms with Crippen molar-refractivity contribution in [1.29, 1.82) is 0 Å². The van der Waals surface area contributed by atoms with Gasteiger partial charge in [0.25, 0.3) is 0 Å². The van der Waals surface area contributed by atoms with Crippen LogP contribution in [0.3, 0.4) is 0 Å². The molecule has 25 nitrogen and oxygen atoms in total. The molecular formula is C39H59N3O22. The van der Waals surface area contributed by atoms with Crippen molar-refractivity contribution < 1.29 is 108 Å². The van der Waals surface area contributed by atoms with Crippen LogP contribution in [0.1, 0.15) is 33.3 Å². The Balaban J connectivity index is 1.45. The number of phenols is 2. The van der Waals surface area contributed by atoms with Crippen LogP contribution in [-0.2, 0) is 63.5 Å². The van der Waals surface area contributed by atoms with E-state index in [1.165, 1.54) is 39.0 Å². The number of amides is 3. The van der Waals surface area contributed by atoms with E-state index in [1.54, 1.807) is 0 Å². The molecule has 0 aliphatic carbocycles. The van der Waals surface area contributed by atoms with Crippen molar-refractivity contribution in [3.8, 4) is 11.5 Å². The van der Waals surface area contributed by atoms with Crippen LogP contribution in [0.2, 0.25) is 0 Å². The molecule has 13 N–H and O–H groups in total. The molecule has 0 saturated carbocycles. The maximum absolute atomic E-state index is 14.1. The number of hydrogen-bond acceptors (Lipinski definition) is 21. The second-order valence-corrected chi connectivity index (χ2v) is 16.1. The molecule has 3 amide bonds. The number of carbonyl (C=O) groups excluding carboxylic acids is 3. The number of carboxylic acids is 1. The topological polar surface area (TPSA) is 381 Å². The van der Waals surface area contributed by atoms with Crippen molar-refractivity contribution in [3.63, 3.8) is 0 Å². The summed E-state index contributed by atoms with van der Waals surface area (Å²) in [5, 5.41) is 114. The number of benzene rings is 1. The first-order valence-electron chi connectivity index (χ1n) is 20.5. The molecule has 4 aliphatic heterocycles. The highest BCUT2D eigenvalue weighted by atomic mass is 16.8. The van der Waals surface area contributed by atoms with Gasteiger partial charge >= 0.3 is 5.97 Å². The van der Waals surface area contributed by atoms with Gasteiger partial charge in [-0.3, -0.25) is 14.4 Å². The Kier molecular flexibility index (Phi) is 17.6. The third-order valence-corrected chi connectivity index (χ3v) is 11.7. The highest BCUT2D eigenvalue weighted by Gasteiger charge is 2.57. The fourth-order valence-electron chi connectivity index (χ4n) is 8.28. The van der Waals surface area contributed by atoms with Crippen LogP contribution in [-0.4, -0.2) is 206 Å². The maximum atomic E-state index is 14.1. The molecule has 4 heterocycles. The van der Waals surface area contributed by atoms with Crippen molar-refractivity contribution >= 4 is 23.7 Å². The van der Waals surface area contributed by atoms with Crippen molar-refractivity contribution in [2.45, 2.75) is 139 Å². The second kappa shape index (κ2) is 22.1. The van der Waals surface area contributed by atoms with Gasteiger partial charge in [0.2, 0.25) is 17.7 Å². The quantitative estimate of drug-likeness (QED) is 0.0689. The van der Waals surface area contributed by atoms with Crippen LogP contribution in [0.15, 0.2) is 18.2 Å². The minimum absolute atomic E-state index is 0.0880. The average Bonchev–Trinajstić information content (AvgIpc) is 3.22. The zero-order valence-electron chi connectivity index (χ0n) is 35.5. The lowest BCUT2D eigenvalue weighted by atomic mass is 9.87. The lowest BCUT2D eigenvalue weighted by Crippen LogP contribution is -2.68. The van der Waals surface area contributed by atoms with Gasteiger partial charge in [-0.1, -0.05) is 13.0 Å². The van der Waals surface area contributed by atoms with E-state index < -0.39 is 165 Å². The van der Waals surface area contributed by atoms with Gasteiger partial charge in [0.15, 0.2) is 49.0 Å². The Bertz CT molecular complexity index is 1760. The molecule has 362 valence electrons. The predicted molar refractivity (Wildman–Crippen MR) is 208 cm³/mol. The maximum Gasteiger partial charge on any atom is 0.335 e. The van der Waals surface area contributed by atoms with E-state index in [2.05, 4.69) is 16.0 Å². The van der Waals surface area contributed by atoms with E-state index in [-0.39, 0.29) is 18.7 Å². The largest absolute Gasteiger partial charge is 0.504 e. The van der Waals surface area contributed by atoms with Gasteiger partial charge < -0.3 is 105 Å². The SMILES string of the molecule is CO[C@@H]1C(C(=O)O)O[C@@H](OC2[C@@H](C)C(CO)O[C@@H](O[C@@H]3C(O)O[C@@H](OC4[C@@H](O)C(NC(C)=O)O[C@@H](C)[C@H]4CO)[C@@H](C(=O)NCCc4ccc(O)c(O)c4)C3O)[C@H]2NC(C)=O)[C@@H](O)C1O. The van der Waals surface area contributed by atoms with Crippen LogP contribution in [0.5, 0.6) is 11.5 Å². The zero-order valence-corrected chi connectivity index (χ0v) is 35.5. The highest BCUT2D eigenvalue weighted by molar-refractivity contribution is 5.80. The van der Waals surface area contributed by atoms with Crippen LogP contribution < -0.4 is 16.0 Å². The third kappa shape index (κ3) is 11.4. The molecule has 4 aliphatic rings. The van der Waals surface area contributed by atoms with Gasteiger partial charge in [-0.25, -0.2) is 4.79 Å². The van der Waals surface area contributed by atoms with Crippen LogP contribution >= 0.6 is 0 Å². The lowest BCUT2D eigenvalue weighted by molar-refractivity contribution is -0.382. The molecule has 64 heavy (non-hydrogen) atoms. The number of aromatic hydroxyl groups is 2. The van der Waals surface area contributed by atoms with Gasteiger partial charge in [0.1, 0.15) is 48.6 Å². The number of ether oxygens (including phenoxy) is 8. The van der Waals surface area contributed by atoms with Crippen LogP contribution in [0.25, 0.3) is 0 Å². The number of nitrogens with one attached hydrogen (secondary N) is 3. The van der Waals surface area contributed by atoms with Gasteiger partial charge in [-0.2, -0.15) is 0 Å². The first-order valence-corrected chi connectivity index (χ1v) is 20.5. The smallest absolute Gasteiger partial charge is 0.335 e. The summed E-state index contributed by atoms with van der Waals surface area (Å²) in [6.07, 6.45) is -26.9. The summed E-state index contributed by atoms with van der Waals surface area (Å²) in [4.78, 5) is 50.8. The second-order valence-electron chi connectivity index (χ2n) is 16.1. The van der Waals surface area contributed by atoms with Crippen molar-refractivity contribution in [3.05, 3.63) is 23.8 Å². The Morgan fingerprint density at radius 1 is 0.719 bits per heavy atom. The molecule has 0 radical (unpaired) electrons. The summed E-state index contributed by atoms with van der Waals surface area (Å²) >= 11 is 0. The number of aliphatic hydroxyl groups is 7. The van der Waals surface area contributed by atoms with Gasteiger partial charge in [0.05, 0.1) is 37.6 Å². The lowest BCUT2D eigenvalue weighted by Gasteiger charge is -2.50. The molecule has 5 rings (SSSR count). The van der Waals surface area contributed by atoms with E-state index in [1.807, 2.05) is 0 Å². The summed E-state index contributed by atoms with van der Waals surface area (Å²) in [7, 11) is 1.09. The predicted octanol–water partition coefficient (Wildman–Crippen LogP) is -5.18. The number of hydrogen-bond donors (Lipinski definition) is 13. The summed E-state index contributed by atoms with van der Waals surface area (Å²) in [6.45, 7) is 3.79. The molecule has 4 saturated heterocycles. The number of phenolic OH excluding ortho intramolecular Hbond substituents is 2. The van der Waals surface area contributed by atoms with Gasteiger partial charge in [-0.05, 0) is 31.0 Å². The minimum Gasteiger partial charge on any atom is -0.504 e. The fraction of sp³-hybridized carbons (Fsp3) is 0.744. The molecule has 1 aromatic rings. The average molecular weight is 922 g/mol.